The fourth-order valence-corrected chi connectivity index (χ4v) is 1.35. The van der Waals surface area contributed by atoms with E-state index in [9.17, 15) is 4.39 Å². The molecule has 2 aromatic heterocycles. The van der Waals surface area contributed by atoms with Crippen LogP contribution in [0.1, 0.15) is 0 Å². The third-order valence-corrected chi connectivity index (χ3v) is 2.16. The first-order chi connectivity index (χ1) is 8.33. The molecule has 1 aromatic carbocycles. The van der Waals surface area contributed by atoms with Gasteiger partial charge in [-0.15, -0.1) is 10.2 Å². The van der Waals surface area contributed by atoms with Crippen molar-refractivity contribution in [3.63, 3.8) is 0 Å². The van der Waals surface area contributed by atoms with Gasteiger partial charge in [-0.3, -0.25) is 0 Å². The Bertz CT molecular complexity index is 616. The van der Waals surface area contributed by atoms with Crippen LogP contribution in [0, 0.1) is 5.82 Å². The topological polar surface area (TPSA) is 65.0 Å². The van der Waals surface area contributed by atoms with Gasteiger partial charge in [0, 0.05) is 5.56 Å². The third kappa shape index (κ3) is 1.80. The lowest BCUT2D eigenvalue weighted by molar-refractivity contribution is 0.519. The van der Waals surface area contributed by atoms with Crippen molar-refractivity contribution in [1.29, 1.82) is 0 Å². The highest BCUT2D eigenvalue weighted by Crippen LogP contribution is 2.23. The number of benzene rings is 1. The van der Waals surface area contributed by atoms with Gasteiger partial charge >= 0.3 is 0 Å². The van der Waals surface area contributed by atoms with Gasteiger partial charge in [-0.25, -0.2) is 9.37 Å². The molecule has 0 aliphatic rings. The van der Waals surface area contributed by atoms with Crippen molar-refractivity contribution in [3.05, 3.63) is 42.7 Å². The first kappa shape index (κ1) is 9.71. The second-order valence-electron chi connectivity index (χ2n) is 3.28. The Hall–Kier alpha value is -2.50. The SMILES string of the molecule is Fc1ccc(-c2nnc(-c3cnco3)o2)cc1. The van der Waals surface area contributed by atoms with Gasteiger partial charge in [-0.1, -0.05) is 0 Å². The highest BCUT2D eigenvalue weighted by molar-refractivity contribution is 5.54. The van der Waals surface area contributed by atoms with Crippen LogP contribution in [-0.2, 0) is 0 Å². The molecule has 0 aliphatic heterocycles. The van der Waals surface area contributed by atoms with Crippen molar-refractivity contribution in [2.45, 2.75) is 0 Å². The second-order valence-corrected chi connectivity index (χ2v) is 3.28. The van der Waals surface area contributed by atoms with Gasteiger partial charge in [0.25, 0.3) is 5.89 Å². The number of oxazole rings is 1. The molecule has 0 aliphatic carbocycles. The molecule has 3 aromatic rings. The summed E-state index contributed by atoms with van der Waals surface area (Å²) in [6, 6.07) is 5.78. The largest absolute Gasteiger partial charge is 0.438 e. The Morgan fingerprint density at radius 2 is 1.76 bits per heavy atom. The molecule has 0 bridgehead atoms. The van der Waals surface area contributed by atoms with Crippen molar-refractivity contribution in [3.8, 4) is 23.1 Å². The number of rotatable bonds is 2. The van der Waals surface area contributed by atoms with Gasteiger partial charge in [-0.05, 0) is 24.3 Å². The van der Waals surface area contributed by atoms with E-state index in [1.165, 1.54) is 24.7 Å². The van der Waals surface area contributed by atoms with E-state index >= 15 is 0 Å². The minimum Gasteiger partial charge on any atom is -0.438 e. The molecule has 84 valence electrons. The Balaban J connectivity index is 1.98. The van der Waals surface area contributed by atoms with Crippen molar-refractivity contribution in [2.75, 3.05) is 0 Å². The molecule has 0 amide bonds. The van der Waals surface area contributed by atoms with E-state index in [1.54, 1.807) is 12.1 Å². The average molecular weight is 231 g/mol. The molecule has 0 unspecified atom stereocenters. The van der Waals surface area contributed by atoms with Gasteiger partial charge in [0.1, 0.15) is 5.82 Å². The van der Waals surface area contributed by atoms with Crippen LogP contribution in [0.25, 0.3) is 23.1 Å². The summed E-state index contributed by atoms with van der Waals surface area (Å²) in [5, 5.41) is 7.66. The monoisotopic (exact) mass is 231 g/mol. The van der Waals surface area contributed by atoms with Crippen LogP contribution in [0.3, 0.4) is 0 Å². The van der Waals surface area contributed by atoms with Crippen LogP contribution >= 0.6 is 0 Å². The fraction of sp³-hybridized carbons (Fsp3) is 0. The third-order valence-electron chi connectivity index (χ3n) is 2.16. The predicted octanol–water partition coefficient (Wildman–Crippen LogP) is 2.53. The molecule has 0 N–H and O–H groups in total. The lowest BCUT2D eigenvalue weighted by Gasteiger charge is -1.92. The zero-order valence-electron chi connectivity index (χ0n) is 8.50. The zero-order chi connectivity index (χ0) is 11.7. The van der Waals surface area contributed by atoms with E-state index in [0.29, 0.717) is 17.2 Å². The van der Waals surface area contributed by atoms with Crippen LogP contribution in [-0.4, -0.2) is 15.2 Å². The lowest BCUT2D eigenvalue weighted by atomic mass is 10.2. The van der Waals surface area contributed by atoms with Gasteiger partial charge in [0.15, 0.2) is 6.39 Å². The van der Waals surface area contributed by atoms with Crippen LogP contribution in [0.4, 0.5) is 4.39 Å². The molecule has 0 radical (unpaired) electrons. The summed E-state index contributed by atoms with van der Waals surface area (Å²) in [5.74, 6) is 0.618. The minimum absolute atomic E-state index is 0.238. The zero-order valence-corrected chi connectivity index (χ0v) is 8.50. The van der Waals surface area contributed by atoms with E-state index in [-0.39, 0.29) is 11.7 Å². The standard InChI is InChI=1S/C11H6FN3O2/c12-8-3-1-7(2-4-8)10-14-15-11(17-10)9-5-13-6-16-9/h1-6H. The van der Waals surface area contributed by atoms with Crippen LogP contribution in [0.5, 0.6) is 0 Å². The lowest BCUT2D eigenvalue weighted by Crippen LogP contribution is -1.78. The molecule has 5 nitrogen and oxygen atoms in total. The summed E-state index contributed by atoms with van der Waals surface area (Å²) < 4.78 is 23.1. The summed E-state index contributed by atoms with van der Waals surface area (Å²) >= 11 is 0. The van der Waals surface area contributed by atoms with Gasteiger partial charge in [-0.2, -0.15) is 0 Å². The number of nitrogens with zero attached hydrogens (tertiary/aromatic N) is 3. The Morgan fingerprint density at radius 1 is 1.00 bits per heavy atom. The smallest absolute Gasteiger partial charge is 0.285 e. The molecule has 6 heteroatoms. The Morgan fingerprint density at radius 3 is 2.47 bits per heavy atom. The molecular formula is C11H6FN3O2. The van der Waals surface area contributed by atoms with Crippen molar-refractivity contribution in [2.24, 2.45) is 0 Å². The predicted molar refractivity (Wildman–Crippen MR) is 55.2 cm³/mol. The maximum absolute atomic E-state index is 12.7. The van der Waals surface area contributed by atoms with Crippen molar-refractivity contribution in [1.82, 2.24) is 15.2 Å². The van der Waals surface area contributed by atoms with Crippen LogP contribution in [0.15, 0.2) is 45.7 Å². The molecule has 0 saturated carbocycles. The molecule has 0 atom stereocenters. The molecule has 2 heterocycles. The van der Waals surface area contributed by atoms with Gasteiger partial charge in [0.2, 0.25) is 11.7 Å². The van der Waals surface area contributed by atoms with Gasteiger partial charge < -0.3 is 8.83 Å². The second kappa shape index (κ2) is 3.82. The van der Waals surface area contributed by atoms with E-state index in [0.717, 1.165) is 0 Å². The molecule has 3 rings (SSSR count). The highest BCUT2D eigenvalue weighted by Gasteiger charge is 2.12. The number of halogens is 1. The maximum Gasteiger partial charge on any atom is 0.285 e. The first-order valence-corrected chi connectivity index (χ1v) is 4.81. The van der Waals surface area contributed by atoms with Crippen LogP contribution < -0.4 is 0 Å². The summed E-state index contributed by atoms with van der Waals surface area (Å²) in [7, 11) is 0. The number of aromatic nitrogens is 3. The van der Waals surface area contributed by atoms with Crippen molar-refractivity contribution >= 4 is 0 Å². The summed E-state index contributed by atoms with van der Waals surface area (Å²) in [6.07, 6.45) is 2.75. The molecule has 17 heavy (non-hydrogen) atoms. The van der Waals surface area contributed by atoms with Crippen molar-refractivity contribution < 1.29 is 13.2 Å². The van der Waals surface area contributed by atoms with E-state index < -0.39 is 0 Å². The quantitative estimate of drug-likeness (QED) is 0.678. The molecule has 0 fully saturated rings. The maximum atomic E-state index is 12.7. The molecule has 0 spiro atoms. The fourth-order valence-electron chi connectivity index (χ4n) is 1.35. The summed E-state index contributed by atoms with van der Waals surface area (Å²) in [5.41, 5.74) is 0.643. The Kier molecular flexibility index (Phi) is 2.18. The average Bonchev–Trinajstić information content (AvgIpc) is 3.00. The van der Waals surface area contributed by atoms with E-state index in [2.05, 4.69) is 15.2 Å². The Labute approximate surface area is 94.9 Å². The summed E-state index contributed by atoms with van der Waals surface area (Å²) in [4.78, 5) is 3.75. The normalized spacial score (nSPS) is 10.6. The minimum atomic E-state index is -0.316. The van der Waals surface area contributed by atoms with Crippen LogP contribution in [0.2, 0.25) is 0 Å². The number of hydrogen-bond acceptors (Lipinski definition) is 5. The first-order valence-electron chi connectivity index (χ1n) is 4.81. The molecule has 0 saturated heterocycles. The summed E-state index contributed by atoms with van der Waals surface area (Å²) in [6.45, 7) is 0. The number of hydrogen-bond donors (Lipinski definition) is 0. The van der Waals surface area contributed by atoms with E-state index in [1.807, 2.05) is 0 Å². The van der Waals surface area contributed by atoms with E-state index in [4.69, 9.17) is 8.83 Å². The highest BCUT2D eigenvalue weighted by atomic mass is 19.1. The van der Waals surface area contributed by atoms with Gasteiger partial charge in [0.05, 0.1) is 6.20 Å². The molecular weight excluding hydrogens is 225 g/mol.